The zero-order valence-corrected chi connectivity index (χ0v) is 17.8. The highest BCUT2D eigenvalue weighted by Gasteiger charge is 2.23. The fraction of sp³-hybridized carbons (Fsp3) is 0.0952. The molecule has 4 rings (SSSR count). The molecule has 0 spiro atoms. The van der Waals surface area contributed by atoms with Crippen LogP contribution in [0.2, 0.25) is 5.02 Å². The molecule has 1 aromatic heterocycles. The largest absolute Gasteiger partial charge is 0.492 e. The van der Waals surface area contributed by atoms with E-state index in [2.05, 4.69) is 5.32 Å². The Morgan fingerprint density at radius 3 is 2.72 bits per heavy atom. The Bertz CT molecular complexity index is 1130. The van der Waals surface area contributed by atoms with E-state index in [-0.39, 0.29) is 5.91 Å². The number of benzene rings is 2. The van der Waals surface area contributed by atoms with Gasteiger partial charge in [-0.2, -0.15) is 5.10 Å². The van der Waals surface area contributed by atoms with Crippen LogP contribution < -0.4 is 10.1 Å². The summed E-state index contributed by atoms with van der Waals surface area (Å²) in [5.41, 5.74) is 3.23. The van der Waals surface area contributed by atoms with Gasteiger partial charge in [0.1, 0.15) is 15.8 Å². The van der Waals surface area contributed by atoms with Crippen LogP contribution in [0.3, 0.4) is 0 Å². The summed E-state index contributed by atoms with van der Waals surface area (Å²) in [6, 6.07) is 15.3. The predicted molar refractivity (Wildman–Crippen MR) is 121 cm³/mol. The lowest BCUT2D eigenvalue weighted by molar-refractivity contribution is -0.115. The smallest absolute Gasteiger partial charge is 0.263 e. The maximum absolute atomic E-state index is 12.1. The van der Waals surface area contributed by atoms with Crippen molar-refractivity contribution in [2.75, 3.05) is 6.61 Å². The molecular formula is C21H16ClN3O2S2. The fourth-order valence-electron chi connectivity index (χ4n) is 2.91. The van der Waals surface area contributed by atoms with Crippen molar-refractivity contribution < 1.29 is 9.53 Å². The number of hydrogen-bond donors (Lipinski definition) is 1. The first kappa shape index (κ1) is 19.7. The molecule has 0 saturated carbocycles. The van der Waals surface area contributed by atoms with Crippen LogP contribution in [-0.4, -0.2) is 26.6 Å². The first-order valence-corrected chi connectivity index (χ1v) is 10.5. The molecule has 2 heterocycles. The van der Waals surface area contributed by atoms with Crippen molar-refractivity contribution in [3.8, 4) is 22.7 Å². The topological polar surface area (TPSA) is 56.1 Å². The molecule has 1 aliphatic heterocycles. The van der Waals surface area contributed by atoms with Gasteiger partial charge in [0, 0.05) is 17.3 Å². The van der Waals surface area contributed by atoms with Gasteiger partial charge >= 0.3 is 0 Å². The normalized spacial score (nSPS) is 15.0. The third-order valence-electron chi connectivity index (χ3n) is 4.20. The van der Waals surface area contributed by atoms with E-state index in [9.17, 15) is 4.79 Å². The molecule has 8 heteroatoms. The number of aromatic nitrogens is 2. The maximum atomic E-state index is 12.1. The van der Waals surface area contributed by atoms with Crippen molar-refractivity contribution in [2.24, 2.45) is 0 Å². The number of hydrogen-bond acceptors (Lipinski definition) is 5. The molecule has 0 unspecified atom stereocenters. The van der Waals surface area contributed by atoms with Crippen molar-refractivity contribution in [1.29, 1.82) is 0 Å². The van der Waals surface area contributed by atoms with Crippen LogP contribution in [0.4, 0.5) is 0 Å². The van der Waals surface area contributed by atoms with E-state index in [1.807, 2.05) is 61.7 Å². The van der Waals surface area contributed by atoms with Gasteiger partial charge in [-0.1, -0.05) is 53.8 Å². The third kappa shape index (κ3) is 4.22. The summed E-state index contributed by atoms with van der Waals surface area (Å²) in [5, 5.41) is 7.90. The molecule has 146 valence electrons. The van der Waals surface area contributed by atoms with E-state index in [1.165, 1.54) is 11.8 Å². The van der Waals surface area contributed by atoms with Gasteiger partial charge in [-0.15, -0.1) is 0 Å². The Hall–Kier alpha value is -2.61. The molecule has 1 aliphatic rings. The molecule has 0 aliphatic carbocycles. The molecule has 1 N–H and O–H groups in total. The van der Waals surface area contributed by atoms with Crippen LogP contribution in [-0.2, 0) is 4.79 Å². The number of ether oxygens (including phenoxy) is 1. The van der Waals surface area contributed by atoms with Gasteiger partial charge in [0.05, 0.1) is 22.2 Å². The summed E-state index contributed by atoms with van der Waals surface area (Å²) < 4.78 is 7.75. The number of thiocarbonyl (C=S) groups is 1. The van der Waals surface area contributed by atoms with E-state index in [4.69, 9.17) is 33.7 Å². The molecular weight excluding hydrogens is 426 g/mol. The van der Waals surface area contributed by atoms with Gasteiger partial charge in [0.15, 0.2) is 0 Å². The van der Waals surface area contributed by atoms with Gasteiger partial charge < -0.3 is 10.1 Å². The number of carbonyl (C=O) groups excluding carboxylic acids is 1. The Morgan fingerprint density at radius 1 is 1.28 bits per heavy atom. The van der Waals surface area contributed by atoms with Crippen molar-refractivity contribution in [3.63, 3.8) is 0 Å². The molecule has 5 nitrogen and oxygen atoms in total. The number of rotatable bonds is 5. The molecule has 1 saturated heterocycles. The zero-order chi connectivity index (χ0) is 20.4. The van der Waals surface area contributed by atoms with Gasteiger partial charge in [0.25, 0.3) is 5.91 Å². The van der Waals surface area contributed by atoms with E-state index in [1.54, 1.807) is 10.8 Å². The molecule has 1 amide bonds. The molecule has 0 atom stereocenters. The summed E-state index contributed by atoms with van der Waals surface area (Å²) in [6.07, 6.45) is 3.68. The van der Waals surface area contributed by atoms with Gasteiger partial charge in [-0.05, 0) is 43.3 Å². The number of carbonyl (C=O) groups is 1. The standard InChI is InChI=1S/C21H16ClN3O2S2/c1-2-27-17-9-8-13(10-16(17)22)19-14(11-18-20(26)23-21(28)29-18)12-25(24-19)15-6-4-3-5-7-15/h3-12H,2H2,1H3,(H,23,26,28). The number of halogens is 1. The van der Waals surface area contributed by atoms with E-state index in [0.717, 1.165) is 16.8 Å². The summed E-state index contributed by atoms with van der Waals surface area (Å²) in [4.78, 5) is 12.7. The number of thioether (sulfide) groups is 1. The quantitative estimate of drug-likeness (QED) is 0.442. The second-order valence-corrected chi connectivity index (χ2v) is 8.27. The van der Waals surface area contributed by atoms with Crippen molar-refractivity contribution in [1.82, 2.24) is 15.1 Å². The van der Waals surface area contributed by atoms with Crippen molar-refractivity contribution in [3.05, 3.63) is 70.2 Å². The van der Waals surface area contributed by atoms with Gasteiger partial charge in [0.2, 0.25) is 0 Å². The minimum atomic E-state index is -0.205. The average Bonchev–Trinajstić information content (AvgIpc) is 3.27. The molecule has 1 fully saturated rings. The Kier molecular flexibility index (Phi) is 5.71. The highest BCUT2D eigenvalue weighted by atomic mass is 35.5. The SMILES string of the molecule is CCOc1ccc(-c2nn(-c3ccccc3)cc2C=C2SC(=S)NC2=O)cc1Cl. The Balaban J connectivity index is 1.82. The van der Waals surface area contributed by atoms with E-state index in [0.29, 0.717) is 32.3 Å². The van der Waals surface area contributed by atoms with Crippen LogP contribution in [0.15, 0.2) is 59.6 Å². The summed E-state index contributed by atoms with van der Waals surface area (Å²) >= 11 is 12.7. The summed E-state index contributed by atoms with van der Waals surface area (Å²) in [7, 11) is 0. The van der Waals surface area contributed by atoms with Crippen molar-refractivity contribution >= 4 is 51.9 Å². The van der Waals surface area contributed by atoms with E-state index < -0.39 is 0 Å². The summed E-state index contributed by atoms with van der Waals surface area (Å²) in [5.74, 6) is 0.416. The number of para-hydroxylation sites is 1. The van der Waals surface area contributed by atoms with Crippen LogP contribution in [0.25, 0.3) is 23.0 Å². The molecule has 0 bridgehead atoms. The van der Waals surface area contributed by atoms with Gasteiger partial charge in [-0.3, -0.25) is 4.79 Å². The third-order valence-corrected chi connectivity index (χ3v) is 5.66. The lowest BCUT2D eigenvalue weighted by Crippen LogP contribution is -2.17. The Morgan fingerprint density at radius 2 is 2.07 bits per heavy atom. The molecule has 3 aromatic rings. The predicted octanol–water partition coefficient (Wildman–Crippen LogP) is 5.08. The second kappa shape index (κ2) is 8.41. The second-order valence-electron chi connectivity index (χ2n) is 6.14. The number of nitrogens with one attached hydrogen (secondary N) is 1. The van der Waals surface area contributed by atoms with Crippen molar-refractivity contribution in [2.45, 2.75) is 6.92 Å². The molecule has 2 aromatic carbocycles. The zero-order valence-electron chi connectivity index (χ0n) is 15.4. The van der Waals surface area contributed by atoms with Gasteiger partial charge in [-0.25, -0.2) is 4.68 Å². The first-order chi connectivity index (χ1) is 14.0. The minimum Gasteiger partial charge on any atom is -0.492 e. The molecule has 29 heavy (non-hydrogen) atoms. The number of nitrogens with zero attached hydrogens (tertiary/aromatic N) is 2. The van der Waals surface area contributed by atoms with Crippen LogP contribution in [0.1, 0.15) is 12.5 Å². The highest BCUT2D eigenvalue weighted by molar-refractivity contribution is 8.26. The summed E-state index contributed by atoms with van der Waals surface area (Å²) in [6.45, 7) is 2.44. The molecule has 0 radical (unpaired) electrons. The first-order valence-electron chi connectivity index (χ1n) is 8.88. The lowest BCUT2D eigenvalue weighted by Gasteiger charge is -2.07. The highest BCUT2D eigenvalue weighted by Crippen LogP contribution is 2.34. The minimum absolute atomic E-state index is 0.205. The number of amides is 1. The monoisotopic (exact) mass is 441 g/mol. The van der Waals surface area contributed by atoms with Crippen LogP contribution in [0, 0.1) is 0 Å². The van der Waals surface area contributed by atoms with Crippen LogP contribution >= 0.6 is 35.6 Å². The maximum Gasteiger partial charge on any atom is 0.263 e. The van der Waals surface area contributed by atoms with Crippen LogP contribution in [0.5, 0.6) is 5.75 Å². The van der Waals surface area contributed by atoms with E-state index >= 15 is 0 Å². The Labute approximate surface area is 182 Å². The lowest BCUT2D eigenvalue weighted by atomic mass is 10.1. The average molecular weight is 442 g/mol. The fourth-order valence-corrected chi connectivity index (χ4v) is 4.18.